The number of ether oxygens (including phenoxy) is 2. The highest BCUT2D eigenvalue weighted by Gasteiger charge is 2.59. The number of methoxy groups -OCH3 is 1. The van der Waals surface area contributed by atoms with Gasteiger partial charge in [-0.2, -0.15) is 13.2 Å². The Morgan fingerprint density at radius 3 is 1.93 bits per heavy atom. The Hall–Kier alpha value is -8.63. The van der Waals surface area contributed by atoms with Gasteiger partial charge in [0.05, 0.1) is 38.3 Å². The number of nitrogens with one attached hydrogen (secondary N) is 3. The normalized spacial score (nSPS) is 27.8. The molecule has 5 fully saturated rings. The van der Waals surface area contributed by atoms with E-state index in [1.54, 1.807) is 24.8 Å². The molecule has 1 spiro atoms. The van der Waals surface area contributed by atoms with E-state index in [0.717, 1.165) is 42.9 Å². The molecule has 6 bridgehead atoms. The summed E-state index contributed by atoms with van der Waals surface area (Å²) in [6.07, 6.45) is 5.04. The SMILES string of the molecule is CCO[C@@H]1C[C@H]2C(=O)NC3(CC(C)(C)C3)C(=O)N(C)[C@@H](C3CCCC3)C(=O)N(C)[C@H](C(=O)N3CCCC3)CC(=O)N(C)[C@H]3CCCCCCc4ccc(cc4)C[C@@H](C(=O)N(C)CC(=O)N[C@@H](CCc4ccc(C(F)(F)F)c(OC)c4)C(=O)N2C1)N1CC/C=C\C[C@@H](C1=O)N(C)C(=O)CN(C)C(=O)[C@H]([C@@H](C)CC)NC3=O. The number of hydrogen-bond acceptors (Lipinski definition) is 14. The fourth-order valence-electron chi connectivity index (χ4n) is 17.6. The summed E-state index contributed by atoms with van der Waals surface area (Å²) in [7, 11) is 9.75. The molecule has 10 atom stereocenters. The van der Waals surface area contributed by atoms with Crippen molar-refractivity contribution in [2.75, 3.05) is 95.3 Å². The zero-order chi connectivity index (χ0) is 80.3. The Balaban J connectivity index is 1.17. The molecule has 8 heterocycles. The number of benzene rings is 2. The molecule has 3 saturated heterocycles. The van der Waals surface area contributed by atoms with Crippen molar-refractivity contribution in [2.45, 2.75) is 242 Å². The summed E-state index contributed by atoms with van der Waals surface area (Å²) in [5.41, 5.74) is -1.33. The van der Waals surface area contributed by atoms with E-state index in [2.05, 4.69) is 16.0 Å². The third-order valence-corrected chi connectivity index (χ3v) is 24.0. The van der Waals surface area contributed by atoms with Crippen molar-refractivity contribution in [1.82, 2.24) is 60.0 Å². The molecule has 110 heavy (non-hydrogen) atoms. The van der Waals surface area contributed by atoms with Crippen molar-refractivity contribution in [1.29, 1.82) is 0 Å². The summed E-state index contributed by atoms with van der Waals surface area (Å²) in [6, 6.07) is 0.426. The van der Waals surface area contributed by atoms with Crippen LogP contribution in [-0.2, 0) is 87.7 Å². The van der Waals surface area contributed by atoms with Gasteiger partial charge >= 0.3 is 6.18 Å². The smallest absolute Gasteiger partial charge is 0.419 e. The van der Waals surface area contributed by atoms with E-state index < -0.39 is 185 Å². The van der Waals surface area contributed by atoms with Crippen molar-refractivity contribution in [2.24, 2.45) is 17.3 Å². The van der Waals surface area contributed by atoms with E-state index in [1.165, 1.54) is 88.7 Å². The first kappa shape index (κ1) is 85.4. The van der Waals surface area contributed by atoms with Crippen LogP contribution in [0.4, 0.5) is 13.2 Å². The first-order valence-corrected chi connectivity index (χ1v) is 39.6. The fourth-order valence-corrected chi connectivity index (χ4v) is 17.6. The summed E-state index contributed by atoms with van der Waals surface area (Å²) in [6.45, 7) is 8.69. The minimum absolute atomic E-state index is 0.00374. The molecule has 2 aromatic rings. The van der Waals surface area contributed by atoms with Crippen LogP contribution in [0, 0.1) is 17.3 Å². The van der Waals surface area contributed by atoms with Crippen LogP contribution in [0.15, 0.2) is 54.6 Å². The lowest BCUT2D eigenvalue weighted by Gasteiger charge is -2.54. The molecule has 0 unspecified atom stereocenters. The van der Waals surface area contributed by atoms with Gasteiger partial charge in [0.25, 0.3) is 0 Å². The average Bonchev–Trinajstić information content (AvgIpc) is 0.925. The summed E-state index contributed by atoms with van der Waals surface area (Å²) < 4.78 is 54.1. The van der Waals surface area contributed by atoms with Gasteiger partial charge in [0.1, 0.15) is 59.6 Å². The van der Waals surface area contributed by atoms with Crippen molar-refractivity contribution >= 4 is 70.9 Å². The van der Waals surface area contributed by atoms with Crippen LogP contribution < -0.4 is 20.7 Å². The second-order valence-electron chi connectivity index (χ2n) is 32.5. The number of carbonyl (C=O) groups is 12. The van der Waals surface area contributed by atoms with Crippen LogP contribution in [-0.4, -0.2) is 270 Å². The highest BCUT2D eigenvalue weighted by Crippen LogP contribution is 2.50. The van der Waals surface area contributed by atoms with Gasteiger partial charge in [0, 0.05) is 87.9 Å². The van der Waals surface area contributed by atoms with Crippen molar-refractivity contribution in [3.8, 4) is 5.75 Å². The topological polar surface area (TPSA) is 289 Å². The van der Waals surface area contributed by atoms with Crippen molar-refractivity contribution in [3.05, 3.63) is 76.9 Å². The number of aryl methyl sites for hydroxylation is 2. The first-order chi connectivity index (χ1) is 52.1. The van der Waals surface area contributed by atoms with Gasteiger partial charge in [-0.25, -0.2) is 0 Å². The Bertz CT molecular complexity index is 3700. The maximum Gasteiger partial charge on any atom is 0.419 e. The van der Waals surface area contributed by atoms with Gasteiger partial charge < -0.3 is 69.5 Å². The number of nitrogens with zero attached hydrogens (tertiary/aromatic N) is 9. The van der Waals surface area contributed by atoms with Gasteiger partial charge in [-0.3, -0.25) is 57.5 Å². The molecule has 2 aliphatic carbocycles. The molecule has 26 nitrogen and oxygen atoms in total. The van der Waals surface area contributed by atoms with Gasteiger partial charge in [-0.05, 0) is 136 Å². The molecule has 606 valence electrons. The lowest BCUT2D eigenvalue weighted by molar-refractivity contribution is -0.161. The molecule has 10 aliphatic rings. The van der Waals surface area contributed by atoms with E-state index in [-0.39, 0.29) is 71.1 Å². The summed E-state index contributed by atoms with van der Waals surface area (Å²) in [4.78, 5) is 197. The Labute approximate surface area is 645 Å². The fraction of sp³-hybridized carbons (Fsp3) is 0.679. The minimum atomic E-state index is -4.78. The predicted molar refractivity (Wildman–Crippen MR) is 404 cm³/mol. The van der Waals surface area contributed by atoms with Crippen LogP contribution in [0.3, 0.4) is 0 Å². The molecule has 2 saturated carbocycles. The average molecular weight is 1540 g/mol. The second kappa shape index (κ2) is 37.1. The second-order valence-corrected chi connectivity index (χ2v) is 32.5. The number of halogens is 3. The standard InChI is InChI=1S/C81H117F3N12O14/c1-13-51(3)68-76(106)89(7)48-67(99)91(9)60-30-20-17-23-41-95(75(60)105)63-42-53-33-31-52(32-34-53)26-18-15-16-19-29-59(70(100)86-68)90(8)66(98)45-62(74(104)94-39-24-25-40-94)92(10)77(107)69(55-27-21-22-28-55)93(11)78(108)80(49-79(4,5)50-80)87-71(101)61-44-56(110-14-2)46-96(61)72(102)58(85-65(97)47-88(6)73(63)103)38-36-54-35-37-57(81(82,83)84)64(43-54)109-12/h17,20,31-35,37,43,51,55-56,58-63,68-69H,13-16,18-19,21-30,36,38-42,44-50H2,1-12H3,(H,85,97)(H,86,100)(H,87,101)/b20-17-/t51-,56+,58-,59-,60-,61-,62-,63-,68-,69-/m0/s1. The molecule has 8 aliphatic heterocycles. The molecular weight excluding hydrogens is 1420 g/mol. The molecule has 12 amide bonds. The third-order valence-electron chi connectivity index (χ3n) is 24.0. The molecule has 3 N–H and O–H groups in total. The van der Waals surface area contributed by atoms with Crippen LogP contribution in [0.5, 0.6) is 5.75 Å². The predicted octanol–water partition coefficient (Wildman–Crippen LogP) is 6.08. The number of carbonyl (C=O) groups excluding carboxylic acids is 12. The number of rotatable bonds is 10. The van der Waals surface area contributed by atoms with E-state index in [9.17, 15) is 27.6 Å². The van der Waals surface area contributed by atoms with Gasteiger partial charge in [-0.1, -0.05) is 109 Å². The van der Waals surface area contributed by atoms with Gasteiger partial charge in [-0.15, -0.1) is 0 Å². The van der Waals surface area contributed by atoms with Gasteiger partial charge in [0.2, 0.25) is 70.9 Å². The summed E-state index contributed by atoms with van der Waals surface area (Å²) >= 11 is 0. The number of alkyl halides is 3. The molecule has 29 heteroatoms. The van der Waals surface area contributed by atoms with Crippen molar-refractivity contribution < 1.29 is 80.2 Å². The van der Waals surface area contributed by atoms with Crippen LogP contribution in [0.1, 0.15) is 179 Å². The lowest BCUT2D eigenvalue weighted by Crippen LogP contribution is -2.71. The quantitative estimate of drug-likeness (QED) is 0.227. The summed E-state index contributed by atoms with van der Waals surface area (Å²) in [5, 5.41) is 8.90. The largest absolute Gasteiger partial charge is 0.496 e. The van der Waals surface area contributed by atoms with Gasteiger partial charge in [0.15, 0.2) is 0 Å². The molecule has 12 rings (SSSR count). The third kappa shape index (κ3) is 20.2. The minimum Gasteiger partial charge on any atom is -0.496 e. The molecule has 0 aromatic heterocycles. The number of likely N-dealkylation sites (tertiary alicyclic amines) is 1. The number of hydrogen-bond donors (Lipinski definition) is 3. The highest BCUT2D eigenvalue weighted by atomic mass is 19.4. The molecular formula is C81H117F3N12O14. The zero-order valence-corrected chi connectivity index (χ0v) is 66.4. The number of amides is 12. The monoisotopic (exact) mass is 1540 g/mol. The Morgan fingerprint density at radius 1 is 0.636 bits per heavy atom. The van der Waals surface area contributed by atoms with Crippen molar-refractivity contribution in [3.63, 3.8) is 0 Å². The maximum atomic E-state index is 16.0. The summed E-state index contributed by atoms with van der Waals surface area (Å²) in [5.74, 6) is -9.40. The first-order valence-electron chi connectivity index (χ1n) is 39.6. The molecule has 0 radical (unpaired) electrons. The number of likely N-dealkylation sites (N-methyl/N-ethyl adjacent to an activating group) is 6. The lowest BCUT2D eigenvalue weighted by atomic mass is 9.58. The van der Waals surface area contributed by atoms with Crippen LogP contribution in [0.25, 0.3) is 0 Å². The van der Waals surface area contributed by atoms with E-state index in [1.807, 2.05) is 51.1 Å². The van der Waals surface area contributed by atoms with E-state index in [0.29, 0.717) is 88.4 Å². The van der Waals surface area contributed by atoms with Crippen LogP contribution >= 0.6 is 0 Å². The molecule has 2 aromatic carbocycles. The highest BCUT2D eigenvalue weighted by molar-refractivity contribution is 6.01. The Morgan fingerprint density at radius 2 is 1.28 bits per heavy atom. The van der Waals surface area contributed by atoms with E-state index >= 15 is 43.2 Å². The Kier molecular flexibility index (Phi) is 28.8. The maximum absolute atomic E-state index is 16.0. The van der Waals surface area contributed by atoms with E-state index in [4.69, 9.17) is 9.47 Å². The zero-order valence-electron chi connectivity index (χ0n) is 66.4. The van der Waals surface area contributed by atoms with Crippen LogP contribution in [0.2, 0.25) is 0 Å².